The summed E-state index contributed by atoms with van der Waals surface area (Å²) in [5.41, 5.74) is 0.897. The van der Waals surface area contributed by atoms with Gasteiger partial charge < -0.3 is 14.8 Å². The Morgan fingerprint density at radius 3 is 2.43 bits per heavy atom. The van der Waals surface area contributed by atoms with E-state index in [1.54, 1.807) is 30.3 Å². The number of aryl methyl sites for hydroxylation is 1. The van der Waals surface area contributed by atoms with E-state index in [0.717, 1.165) is 41.3 Å². The Hall–Kier alpha value is -4.58. The van der Waals surface area contributed by atoms with Gasteiger partial charge in [-0.2, -0.15) is 0 Å². The van der Waals surface area contributed by atoms with Crippen molar-refractivity contribution in [1.82, 2.24) is 13.9 Å². The first kappa shape index (κ1) is 28.2. The van der Waals surface area contributed by atoms with Gasteiger partial charge in [0, 0.05) is 35.3 Å². The zero-order valence-corrected chi connectivity index (χ0v) is 24.4. The number of nitrogens with zero attached hydrogens (tertiary/aromatic N) is 3. The summed E-state index contributed by atoms with van der Waals surface area (Å²) >= 11 is 0. The van der Waals surface area contributed by atoms with Gasteiger partial charge in [0.1, 0.15) is 22.8 Å². The third kappa shape index (κ3) is 4.73. The highest BCUT2D eigenvalue weighted by molar-refractivity contribution is 7.90. The first-order valence-corrected chi connectivity index (χ1v) is 15.8. The summed E-state index contributed by atoms with van der Waals surface area (Å²) in [5, 5.41) is 13.4. The van der Waals surface area contributed by atoms with Crippen LogP contribution < -0.4 is 5.32 Å². The smallest absolute Gasteiger partial charge is 0.308 e. The van der Waals surface area contributed by atoms with Gasteiger partial charge >= 0.3 is 5.97 Å². The predicted molar refractivity (Wildman–Crippen MR) is 158 cm³/mol. The summed E-state index contributed by atoms with van der Waals surface area (Å²) in [6, 6.07) is 12.4. The number of anilines is 1. The van der Waals surface area contributed by atoms with Crippen LogP contribution in [-0.4, -0.2) is 39.5 Å². The molecule has 0 saturated heterocycles. The molecule has 2 aromatic carbocycles. The van der Waals surface area contributed by atoms with Crippen molar-refractivity contribution in [3.8, 4) is 22.8 Å². The molecule has 0 radical (unpaired) electrons. The number of carboxylic acid groups (broad SMARTS) is 1. The van der Waals surface area contributed by atoms with Crippen molar-refractivity contribution in [2.24, 2.45) is 17.8 Å². The van der Waals surface area contributed by atoms with Crippen molar-refractivity contribution in [2.45, 2.75) is 43.5 Å². The van der Waals surface area contributed by atoms with E-state index in [1.165, 1.54) is 24.6 Å². The van der Waals surface area contributed by atoms with Crippen LogP contribution in [0.15, 0.2) is 76.4 Å². The molecular weight excluding hydrogens is 590 g/mol. The lowest BCUT2D eigenvalue weighted by atomic mass is 9.61. The van der Waals surface area contributed by atoms with E-state index in [-0.39, 0.29) is 45.1 Å². The van der Waals surface area contributed by atoms with E-state index in [0.29, 0.717) is 23.3 Å². The van der Waals surface area contributed by atoms with E-state index in [4.69, 9.17) is 4.42 Å². The molecule has 2 N–H and O–H groups in total. The van der Waals surface area contributed by atoms with Crippen LogP contribution in [0.25, 0.3) is 33.7 Å². The quantitative estimate of drug-likeness (QED) is 0.212. The molecule has 2 unspecified atom stereocenters. The highest BCUT2D eigenvalue weighted by Gasteiger charge is 2.47. The Morgan fingerprint density at radius 2 is 1.75 bits per heavy atom. The zero-order valence-electron chi connectivity index (χ0n) is 23.6. The van der Waals surface area contributed by atoms with Gasteiger partial charge in [-0.25, -0.2) is 31.1 Å². The van der Waals surface area contributed by atoms with Crippen LogP contribution in [0, 0.1) is 36.3 Å². The summed E-state index contributed by atoms with van der Waals surface area (Å²) < 4.78 is 64.0. The molecule has 2 bridgehead atoms. The van der Waals surface area contributed by atoms with Crippen molar-refractivity contribution in [2.75, 3.05) is 5.32 Å². The average molecular weight is 619 g/mol. The first-order valence-electron chi connectivity index (χ1n) is 14.3. The molecule has 12 heteroatoms. The molecule has 44 heavy (non-hydrogen) atoms. The molecule has 2 atom stereocenters. The number of carboxylic acids is 1. The molecule has 5 aromatic rings. The summed E-state index contributed by atoms with van der Waals surface area (Å²) in [4.78, 5) is 21.5. The lowest BCUT2D eigenvalue weighted by Crippen LogP contribution is -2.51. The largest absolute Gasteiger partial charge is 0.481 e. The highest BCUT2D eigenvalue weighted by Crippen LogP contribution is 2.46. The monoisotopic (exact) mass is 618 g/mol. The molecule has 3 saturated carbocycles. The maximum Gasteiger partial charge on any atom is 0.308 e. The highest BCUT2D eigenvalue weighted by atomic mass is 32.2. The minimum atomic E-state index is -4.31. The Labute approximate surface area is 251 Å². The van der Waals surface area contributed by atoms with E-state index < -0.39 is 33.5 Å². The third-order valence-corrected chi connectivity index (χ3v) is 10.6. The van der Waals surface area contributed by atoms with Gasteiger partial charge in [0.2, 0.25) is 0 Å². The number of benzene rings is 2. The van der Waals surface area contributed by atoms with Crippen LogP contribution in [0.5, 0.6) is 0 Å². The minimum Gasteiger partial charge on any atom is -0.481 e. The van der Waals surface area contributed by atoms with Gasteiger partial charge in [-0.3, -0.25) is 4.79 Å². The van der Waals surface area contributed by atoms with Crippen LogP contribution in [-0.2, 0) is 14.8 Å². The zero-order chi connectivity index (χ0) is 30.7. The van der Waals surface area contributed by atoms with Crippen LogP contribution in [0.2, 0.25) is 0 Å². The number of hydrogen-bond acceptors (Lipinski definition) is 7. The normalized spacial score (nSPS) is 21.5. The number of carbonyl (C=O) groups is 1. The third-order valence-electron chi connectivity index (χ3n) is 8.92. The molecule has 3 heterocycles. The Balaban J connectivity index is 1.41. The molecule has 8 rings (SSSR count). The number of fused-ring (bicyclic) bond motifs is 4. The molecule has 3 aliphatic carbocycles. The molecule has 3 aromatic heterocycles. The molecule has 9 nitrogen and oxygen atoms in total. The fourth-order valence-electron chi connectivity index (χ4n) is 6.81. The maximum atomic E-state index is 15.4. The Bertz CT molecular complexity index is 2000. The lowest BCUT2D eigenvalue weighted by Gasteiger charge is -2.47. The second-order valence-electron chi connectivity index (χ2n) is 11.6. The van der Waals surface area contributed by atoms with Crippen LogP contribution in [0.4, 0.5) is 14.6 Å². The topological polar surface area (TPSA) is 127 Å². The second-order valence-corrected chi connectivity index (χ2v) is 13.4. The second kappa shape index (κ2) is 10.5. The molecule has 0 spiro atoms. The van der Waals surface area contributed by atoms with Crippen LogP contribution >= 0.6 is 0 Å². The molecule has 3 fully saturated rings. The summed E-state index contributed by atoms with van der Waals surface area (Å²) in [6.07, 6.45) is 6.18. The van der Waals surface area contributed by atoms with E-state index in [2.05, 4.69) is 15.3 Å². The van der Waals surface area contributed by atoms with Crippen molar-refractivity contribution in [3.05, 3.63) is 84.3 Å². The van der Waals surface area contributed by atoms with Crippen molar-refractivity contribution in [1.29, 1.82) is 0 Å². The number of aromatic nitrogens is 3. The van der Waals surface area contributed by atoms with Crippen LogP contribution in [0.3, 0.4) is 0 Å². The van der Waals surface area contributed by atoms with Gasteiger partial charge in [0.05, 0.1) is 17.1 Å². The predicted octanol–water partition coefficient (Wildman–Crippen LogP) is 6.48. The molecule has 0 aliphatic heterocycles. The van der Waals surface area contributed by atoms with E-state index in [1.807, 2.05) is 6.92 Å². The first-order chi connectivity index (χ1) is 21.1. The van der Waals surface area contributed by atoms with Crippen LogP contribution in [0.1, 0.15) is 31.2 Å². The van der Waals surface area contributed by atoms with Gasteiger partial charge in [-0.05, 0) is 74.8 Å². The number of furan rings is 1. The number of hydrogen-bond donors (Lipinski definition) is 2. The average Bonchev–Trinajstić information content (AvgIpc) is 3.67. The van der Waals surface area contributed by atoms with E-state index >= 15 is 4.39 Å². The van der Waals surface area contributed by atoms with Gasteiger partial charge in [-0.1, -0.05) is 17.7 Å². The molecule has 226 valence electrons. The molecule has 0 amide bonds. The fraction of sp³-hybridized carbons (Fsp3) is 0.281. The van der Waals surface area contributed by atoms with E-state index in [9.17, 15) is 22.7 Å². The molecular formula is C32H28F2N4O5S. The Kier molecular flexibility index (Phi) is 6.76. The summed E-state index contributed by atoms with van der Waals surface area (Å²) in [6.45, 7) is 1.81. The number of halogens is 2. The maximum absolute atomic E-state index is 15.4. The van der Waals surface area contributed by atoms with Crippen molar-refractivity contribution >= 4 is 32.7 Å². The van der Waals surface area contributed by atoms with Gasteiger partial charge in [0.25, 0.3) is 10.0 Å². The number of aliphatic carboxylic acids is 1. The number of rotatable bonds is 7. The summed E-state index contributed by atoms with van der Waals surface area (Å²) in [5.74, 6) is -2.58. The minimum absolute atomic E-state index is 0.0119. The summed E-state index contributed by atoms with van der Waals surface area (Å²) in [7, 11) is -4.31. The molecule has 3 aliphatic rings. The van der Waals surface area contributed by atoms with Crippen molar-refractivity contribution < 1.29 is 31.5 Å². The standard InChI is InChI=1S/C32H28F2N4O5S/c1-17-4-10-21(11-5-17)44(41,42)38-16-23(22-13-20(33)14-24(34)30(22)38)31-35-25(26-3-2-12-43-26)15-27(37-31)36-29-19-8-6-18(7-9-19)28(29)32(39)40/h2-5,10-16,18-19,28-29H,6-9H2,1H3,(H,39,40)(H,35,36,37). The lowest BCUT2D eigenvalue weighted by molar-refractivity contribution is -0.148. The van der Waals surface area contributed by atoms with Gasteiger partial charge in [-0.15, -0.1) is 0 Å². The Morgan fingerprint density at radius 1 is 1.02 bits per heavy atom. The van der Waals surface area contributed by atoms with Crippen molar-refractivity contribution in [3.63, 3.8) is 0 Å². The van der Waals surface area contributed by atoms with Gasteiger partial charge in [0.15, 0.2) is 17.4 Å². The number of nitrogens with one attached hydrogen (secondary N) is 1. The SMILES string of the molecule is Cc1ccc(S(=O)(=O)n2cc(-c3nc(NC4C5CCC(CC5)C4C(=O)O)cc(-c4ccco4)n3)c3cc(F)cc(F)c32)cc1. The fourth-order valence-corrected chi connectivity index (χ4v) is 8.19.